The summed E-state index contributed by atoms with van der Waals surface area (Å²) in [5.74, 6) is 0.0533. The summed E-state index contributed by atoms with van der Waals surface area (Å²) < 4.78 is 0. The second-order valence-corrected chi connectivity index (χ2v) is 4.66. The summed E-state index contributed by atoms with van der Waals surface area (Å²) in [5, 5.41) is 14.0. The number of fused-ring (bicyclic) bond motifs is 1. The van der Waals surface area contributed by atoms with E-state index in [0.29, 0.717) is 0 Å². The highest BCUT2D eigenvalue weighted by atomic mass is 35.5. The van der Waals surface area contributed by atoms with Crippen LogP contribution in [0.4, 0.5) is 5.69 Å². The summed E-state index contributed by atoms with van der Waals surface area (Å²) >= 11 is 0. The summed E-state index contributed by atoms with van der Waals surface area (Å²) in [7, 11) is 0. The minimum Gasteiger partial charge on any atom is -0.325 e. The molecule has 0 aliphatic carbocycles. The minimum atomic E-state index is -0.0567. The first kappa shape index (κ1) is 13.8. The van der Waals surface area contributed by atoms with Gasteiger partial charge >= 0.3 is 0 Å². The maximum atomic E-state index is 12.0. The molecule has 1 aliphatic rings. The second kappa shape index (κ2) is 6.04. The first-order valence-corrected chi connectivity index (χ1v) is 6.30. The van der Waals surface area contributed by atoms with Crippen LogP contribution in [0.25, 0.3) is 10.9 Å². The van der Waals surface area contributed by atoms with Crippen LogP contribution in [0.1, 0.15) is 19.3 Å². The van der Waals surface area contributed by atoms with Crippen LogP contribution in [0.15, 0.2) is 24.4 Å². The zero-order valence-electron chi connectivity index (χ0n) is 10.5. The lowest BCUT2D eigenvalue weighted by atomic mass is 10.0. The second-order valence-electron chi connectivity index (χ2n) is 4.66. The number of nitrogens with one attached hydrogen (secondary N) is 3. The molecule has 3 N–H and O–H groups in total. The van der Waals surface area contributed by atoms with Crippen LogP contribution < -0.4 is 10.6 Å². The van der Waals surface area contributed by atoms with E-state index in [0.717, 1.165) is 42.4 Å². The third-order valence-corrected chi connectivity index (χ3v) is 3.33. The lowest BCUT2D eigenvalue weighted by Crippen LogP contribution is -2.43. The molecule has 1 fully saturated rings. The van der Waals surface area contributed by atoms with Crippen LogP contribution in [-0.4, -0.2) is 28.7 Å². The van der Waals surface area contributed by atoms with Gasteiger partial charge in [-0.05, 0) is 37.6 Å². The Hall–Kier alpha value is -1.59. The SMILES string of the molecule is Cl.O=C(Nc1ccc2[nH]ncc2c1)[C@H]1CCCCN1. The third kappa shape index (κ3) is 3.05. The molecule has 19 heavy (non-hydrogen) atoms. The van der Waals surface area contributed by atoms with Gasteiger partial charge in [0.15, 0.2) is 0 Å². The molecular weight excluding hydrogens is 264 g/mol. The van der Waals surface area contributed by atoms with E-state index in [-0.39, 0.29) is 24.4 Å². The molecule has 0 radical (unpaired) electrons. The van der Waals surface area contributed by atoms with Gasteiger partial charge in [0.1, 0.15) is 0 Å². The molecule has 1 aromatic carbocycles. The first-order valence-electron chi connectivity index (χ1n) is 6.30. The van der Waals surface area contributed by atoms with E-state index in [1.165, 1.54) is 0 Å². The highest BCUT2D eigenvalue weighted by molar-refractivity contribution is 5.96. The number of hydrogen-bond donors (Lipinski definition) is 3. The van der Waals surface area contributed by atoms with Crippen LogP contribution in [0, 0.1) is 0 Å². The average Bonchev–Trinajstić information content (AvgIpc) is 2.87. The van der Waals surface area contributed by atoms with Crippen LogP contribution in [0.3, 0.4) is 0 Å². The fourth-order valence-electron chi connectivity index (χ4n) is 2.33. The van der Waals surface area contributed by atoms with Gasteiger partial charge in [-0.1, -0.05) is 6.42 Å². The molecule has 2 heterocycles. The van der Waals surface area contributed by atoms with Gasteiger partial charge in [0.25, 0.3) is 0 Å². The Labute approximate surface area is 117 Å². The van der Waals surface area contributed by atoms with Crippen LogP contribution >= 0.6 is 12.4 Å². The molecule has 5 nitrogen and oxygen atoms in total. The number of anilines is 1. The fourth-order valence-corrected chi connectivity index (χ4v) is 2.33. The number of aromatic nitrogens is 2. The number of benzene rings is 1. The van der Waals surface area contributed by atoms with Crippen molar-refractivity contribution in [2.24, 2.45) is 0 Å². The van der Waals surface area contributed by atoms with E-state index < -0.39 is 0 Å². The predicted octanol–water partition coefficient (Wildman–Crippen LogP) is 2.07. The molecule has 6 heteroatoms. The lowest BCUT2D eigenvalue weighted by molar-refractivity contribution is -0.118. The molecule has 1 aromatic heterocycles. The van der Waals surface area contributed by atoms with Gasteiger partial charge in [0, 0.05) is 11.1 Å². The number of halogens is 1. The number of carbonyl (C=O) groups is 1. The zero-order chi connectivity index (χ0) is 12.4. The van der Waals surface area contributed by atoms with Crippen molar-refractivity contribution < 1.29 is 4.79 Å². The molecule has 1 amide bonds. The normalized spacial score (nSPS) is 18.8. The topological polar surface area (TPSA) is 69.8 Å². The fraction of sp³-hybridized carbons (Fsp3) is 0.385. The Morgan fingerprint density at radius 2 is 2.26 bits per heavy atom. The maximum Gasteiger partial charge on any atom is 0.241 e. The molecule has 0 bridgehead atoms. The van der Waals surface area contributed by atoms with Crippen LogP contribution in [0.5, 0.6) is 0 Å². The summed E-state index contributed by atoms with van der Waals surface area (Å²) in [5.41, 5.74) is 1.80. The van der Waals surface area contributed by atoms with Gasteiger partial charge in [-0.3, -0.25) is 9.89 Å². The van der Waals surface area contributed by atoms with Crippen LogP contribution in [-0.2, 0) is 4.79 Å². The Kier molecular flexibility index (Phi) is 4.39. The molecule has 0 saturated carbocycles. The highest BCUT2D eigenvalue weighted by Gasteiger charge is 2.20. The van der Waals surface area contributed by atoms with Gasteiger partial charge in [0.2, 0.25) is 5.91 Å². The maximum absolute atomic E-state index is 12.0. The summed E-state index contributed by atoms with van der Waals surface area (Å²) in [6.45, 7) is 0.929. The molecule has 2 aromatic rings. The van der Waals surface area contributed by atoms with E-state index in [1.54, 1.807) is 6.20 Å². The van der Waals surface area contributed by atoms with Crippen molar-refractivity contribution in [3.8, 4) is 0 Å². The number of hydrogen-bond acceptors (Lipinski definition) is 3. The number of nitrogens with zero attached hydrogens (tertiary/aromatic N) is 1. The Bertz CT molecular complexity index is 563. The molecular formula is C13H17ClN4O. The van der Waals surface area contributed by atoms with E-state index in [1.807, 2.05) is 18.2 Å². The van der Waals surface area contributed by atoms with Gasteiger partial charge in [-0.25, -0.2) is 0 Å². The minimum absolute atomic E-state index is 0. The number of H-pyrrole nitrogens is 1. The molecule has 0 spiro atoms. The summed E-state index contributed by atoms with van der Waals surface area (Å²) in [6, 6.07) is 5.69. The highest BCUT2D eigenvalue weighted by Crippen LogP contribution is 2.17. The van der Waals surface area contributed by atoms with Gasteiger partial charge in [-0.2, -0.15) is 5.10 Å². The molecule has 0 unspecified atom stereocenters. The van der Waals surface area contributed by atoms with E-state index in [9.17, 15) is 4.79 Å². The van der Waals surface area contributed by atoms with Crippen molar-refractivity contribution in [1.82, 2.24) is 15.5 Å². The Morgan fingerprint density at radius 1 is 1.37 bits per heavy atom. The van der Waals surface area contributed by atoms with E-state index in [4.69, 9.17) is 0 Å². The van der Waals surface area contributed by atoms with Crippen molar-refractivity contribution in [3.05, 3.63) is 24.4 Å². The van der Waals surface area contributed by atoms with Crippen molar-refractivity contribution in [1.29, 1.82) is 0 Å². The molecule has 3 rings (SSSR count). The number of piperidine rings is 1. The molecule has 1 aliphatic heterocycles. The molecule has 102 valence electrons. The van der Waals surface area contributed by atoms with E-state index in [2.05, 4.69) is 20.8 Å². The third-order valence-electron chi connectivity index (χ3n) is 3.33. The largest absolute Gasteiger partial charge is 0.325 e. The monoisotopic (exact) mass is 280 g/mol. The van der Waals surface area contributed by atoms with Gasteiger partial charge < -0.3 is 10.6 Å². The Morgan fingerprint density at radius 3 is 3.05 bits per heavy atom. The summed E-state index contributed by atoms with van der Waals surface area (Å²) in [6.07, 6.45) is 4.94. The lowest BCUT2D eigenvalue weighted by Gasteiger charge is -2.22. The standard InChI is InChI=1S/C13H16N4O.ClH/c18-13(12-3-1-2-6-14-12)16-10-4-5-11-9(7-10)8-15-17-11;/h4-5,7-8,12,14H,1-3,6H2,(H,15,17)(H,16,18);1H/t12-;/m1./s1. The van der Waals surface area contributed by atoms with Crippen molar-refractivity contribution in [2.75, 3.05) is 11.9 Å². The molecule has 1 saturated heterocycles. The van der Waals surface area contributed by atoms with Crippen molar-refractivity contribution in [2.45, 2.75) is 25.3 Å². The smallest absolute Gasteiger partial charge is 0.241 e. The average molecular weight is 281 g/mol. The number of aromatic amines is 1. The Balaban J connectivity index is 0.00000133. The zero-order valence-corrected chi connectivity index (χ0v) is 11.3. The molecule has 1 atom stereocenters. The van der Waals surface area contributed by atoms with Gasteiger partial charge in [-0.15, -0.1) is 12.4 Å². The van der Waals surface area contributed by atoms with Crippen molar-refractivity contribution in [3.63, 3.8) is 0 Å². The van der Waals surface area contributed by atoms with Crippen molar-refractivity contribution >= 4 is 34.9 Å². The van der Waals surface area contributed by atoms with E-state index >= 15 is 0 Å². The number of amides is 1. The van der Waals surface area contributed by atoms with Gasteiger partial charge in [0.05, 0.1) is 17.8 Å². The predicted molar refractivity (Wildman–Crippen MR) is 77.6 cm³/mol. The first-order chi connectivity index (χ1) is 8.83. The number of carbonyl (C=O) groups excluding carboxylic acids is 1. The van der Waals surface area contributed by atoms with Crippen LogP contribution in [0.2, 0.25) is 0 Å². The summed E-state index contributed by atoms with van der Waals surface area (Å²) in [4.78, 5) is 12.0. The quantitative estimate of drug-likeness (QED) is 0.789. The number of rotatable bonds is 2.